The second-order valence-electron chi connectivity index (χ2n) is 5.79. The van der Waals surface area contributed by atoms with E-state index in [2.05, 4.69) is 36.5 Å². The minimum atomic E-state index is -0.122. The Bertz CT molecular complexity index is 419. The summed E-state index contributed by atoms with van der Waals surface area (Å²) >= 11 is 0. The van der Waals surface area contributed by atoms with Crippen LogP contribution in [-0.4, -0.2) is 12.5 Å². The third kappa shape index (κ3) is 3.57. The van der Waals surface area contributed by atoms with E-state index in [9.17, 15) is 4.79 Å². The Morgan fingerprint density at radius 3 is 2.37 bits per heavy atom. The van der Waals surface area contributed by atoms with E-state index in [4.69, 9.17) is 5.73 Å². The van der Waals surface area contributed by atoms with E-state index in [1.807, 2.05) is 0 Å². The van der Waals surface area contributed by atoms with Crippen molar-refractivity contribution in [2.24, 2.45) is 11.1 Å². The Kier molecular flexibility index (Phi) is 4.59. The number of nitrogens with two attached hydrogens (primary N) is 1. The van der Waals surface area contributed by atoms with Crippen molar-refractivity contribution >= 4 is 5.91 Å². The van der Waals surface area contributed by atoms with Crippen LogP contribution in [0.2, 0.25) is 0 Å². The van der Waals surface area contributed by atoms with Crippen LogP contribution < -0.4 is 11.1 Å². The summed E-state index contributed by atoms with van der Waals surface area (Å²) in [5.41, 5.74) is 7.83. The van der Waals surface area contributed by atoms with Gasteiger partial charge in [-0.2, -0.15) is 0 Å². The van der Waals surface area contributed by atoms with Gasteiger partial charge in [-0.05, 0) is 30.4 Å². The normalized spacial score (nSPS) is 17.4. The van der Waals surface area contributed by atoms with Gasteiger partial charge in [-0.25, -0.2) is 0 Å². The van der Waals surface area contributed by atoms with E-state index in [0.717, 1.165) is 31.4 Å². The van der Waals surface area contributed by atoms with Gasteiger partial charge in [-0.1, -0.05) is 44.0 Å². The summed E-state index contributed by atoms with van der Waals surface area (Å²) in [5.74, 6) is 0.226. The molecule has 1 aliphatic carbocycles. The molecule has 1 amide bonds. The van der Waals surface area contributed by atoms with Crippen molar-refractivity contribution in [2.75, 3.05) is 6.54 Å². The van der Waals surface area contributed by atoms with Crippen molar-refractivity contribution < 1.29 is 4.79 Å². The first-order valence-electron chi connectivity index (χ1n) is 7.20. The summed E-state index contributed by atoms with van der Waals surface area (Å²) in [4.78, 5) is 12.1. The largest absolute Gasteiger partial charge is 0.355 e. The zero-order chi connectivity index (χ0) is 13.7. The molecule has 0 radical (unpaired) electrons. The Morgan fingerprint density at radius 1 is 1.21 bits per heavy atom. The molecule has 3 nitrogen and oxygen atoms in total. The van der Waals surface area contributed by atoms with Crippen LogP contribution in [0.1, 0.15) is 43.7 Å². The molecule has 3 N–H and O–H groups in total. The summed E-state index contributed by atoms with van der Waals surface area (Å²) in [7, 11) is 0. The lowest BCUT2D eigenvalue weighted by Crippen LogP contribution is -2.38. The third-order valence-corrected chi connectivity index (χ3v) is 4.21. The highest BCUT2D eigenvalue weighted by molar-refractivity contribution is 5.82. The summed E-state index contributed by atoms with van der Waals surface area (Å²) < 4.78 is 0. The number of benzene rings is 1. The molecule has 0 saturated heterocycles. The molecule has 0 aromatic heterocycles. The second kappa shape index (κ2) is 6.20. The van der Waals surface area contributed by atoms with Crippen LogP contribution in [0.4, 0.5) is 0 Å². The van der Waals surface area contributed by atoms with Crippen LogP contribution >= 0.6 is 0 Å². The maximum Gasteiger partial charge on any atom is 0.225 e. The molecule has 104 valence electrons. The summed E-state index contributed by atoms with van der Waals surface area (Å²) in [6.07, 6.45) is 5.32. The molecule has 0 aliphatic heterocycles. The highest BCUT2D eigenvalue weighted by Crippen LogP contribution is 2.37. The van der Waals surface area contributed by atoms with Crippen molar-refractivity contribution in [1.82, 2.24) is 5.32 Å². The Hall–Kier alpha value is -1.35. The highest BCUT2D eigenvalue weighted by atomic mass is 16.2. The van der Waals surface area contributed by atoms with Gasteiger partial charge in [0.1, 0.15) is 0 Å². The van der Waals surface area contributed by atoms with Gasteiger partial charge in [-0.15, -0.1) is 0 Å². The second-order valence-corrected chi connectivity index (χ2v) is 5.79. The molecular formula is C16H24N2O. The van der Waals surface area contributed by atoms with Crippen molar-refractivity contribution in [3.05, 3.63) is 35.4 Å². The Balaban J connectivity index is 1.78. The Morgan fingerprint density at radius 2 is 1.79 bits per heavy atom. The molecule has 1 aliphatic rings. The molecule has 1 saturated carbocycles. The number of hydrogen-bond acceptors (Lipinski definition) is 2. The van der Waals surface area contributed by atoms with Gasteiger partial charge in [0.2, 0.25) is 5.91 Å². The molecular weight excluding hydrogens is 236 g/mol. The minimum Gasteiger partial charge on any atom is -0.355 e. The van der Waals surface area contributed by atoms with Crippen molar-refractivity contribution in [1.29, 1.82) is 0 Å². The Labute approximate surface area is 115 Å². The van der Waals surface area contributed by atoms with Crippen LogP contribution in [0, 0.1) is 5.41 Å². The molecule has 1 fully saturated rings. The van der Waals surface area contributed by atoms with E-state index >= 15 is 0 Å². The smallest absolute Gasteiger partial charge is 0.225 e. The van der Waals surface area contributed by atoms with E-state index in [1.54, 1.807) is 0 Å². The van der Waals surface area contributed by atoms with Gasteiger partial charge in [0.05, 0.1) is 0 Å². The number of carbonyl (C=O) groups is 1. The fourth-order valence-corrected chi connectivity index (χ4v) is 2.76. The van der Waals surface area contributed by atoms with Crippen molar-refractivity contribution in [2.45, 2.75) is 45.6 Å². The predicted molar refractivity (Wildman–Crippen MR) is 77.6 cm³/mol. The van der Waals surface area contributed by atoms with Gasteiger partial charge in [0.25, 0.3) is 0 Å². The lowest BCUT2D eigenvalue weighted by atomic mass is 9.88. The molecule has 1 aromatic rings. The lowest BCUT2D eigenvalue weighted by Gasteiger charge is -2.22. The molecule has 19 heavy (non-hydrogen) atoms. The maximum absolute atomic E-state index is 12.1. The fourth-order valence-electron chi connectivity index (χ4n) is 2.76. The van der Waals surface area contributed by atoms with E-state index in [-0.39, 0.29) is 11.3 Å². The van der Waals surface area contributed by atoms with Crippen LogP contribution in [0.15, 0.2) is 24.3 Å². The first-order valence-corrected chi connectivity index (χ1v) is 7.20. The van der Waals surface area contributed by atoms with E-state index in [1.165, 1.54) is 18.4 Å². The van der Waals surface area contributed by atoms with Gasteiger partial charge in [0.15, 0.2) is 0 Å². The standard InChI is InChI=1S/C16H24N2O/c1-16(9-2-3-10-16)15(19)18-11-8-13-4-6-14(12-17)7-5-13/h4-7H,2-3,8-12,17H2,1H3,(H,18,19). The van der Waals surface area contributed by atoms with Crippen LogP contribution in [0.3, 0.4) is 0 Å². The minimum absolute atomic E-state index is 0.122. The maximum atomic E-state index is 12.1. The molecule has 0 unspecified atom stereocenters. The number of hydrogen-bond donors (Lipinski definition) is 2. The third-order valence-electron chi connectivity index (χ3n) is 4.21. The first kappa shape index (κ1) is 14.1. The number of carbonyl (C=O) groups excluding carboxylic acids is 1. The molecule has 1 aromatic carbocycles. The number of nitrogens with one attached hydrogen (secondary N) is 1. The quantitative estimate of drug-likeness (QED) is 0.854. The average Bonchev–Trinajstić information content (AvgIpc) is 2.88. The molecule has 2 rings (SSSR count). The van der Waals surface area contributed by atoms with Gasteiger partial charge >= 0.3 is 0 Å². The highest BCUT2D eigenvalue weighted by Gasteiger charge is 2.35. The summed E-state index contributed by atoms with van der Waals surface area (Å²) in [6.45, 7) is 3.39. The van der Waals surface area contributed by atoms with Crippen molar-refractivity contribution in [3.8, 4) is 0 Å². The molecule has 0 bridgehead atoms. The van der Waals surface area contributed by atoms with Gasteiger partial charge < -0.3 is 11.1 Å². The number of rotatable bonds is 5. The zero-order valence-electron chi connectivity index (χ0n) is 11.7. The summed E-state index contributed by atoms with van der Waals surface area (Å²) in [5, 5.41) is 3.08. The van der Waals surface area contributed by atoms with Gasteiger partial charge in [-0.3, -0.25) is 4.79 Å². The van der Waals surface area contributed by atoms with E-state index in [0.29, 0.717) is 6.54 Å². The zero-order valence-corrected chi connectivity index (χ0v) is 11.7. The molecule has 3 heteroatoms. The fraction of sp³-hybridized carbons (Fsp3) is 0.562. The van der Waals surface area contributed by atoms with Crippen molar-refractivity contribution in [3.63, 3.8) is 0 Å². The summed E-state index contributed by atoms with van der Waals surface area (Å²) in [6, 6.07) is 8.28. The van der Waals surface area contributed by atoms with E-state index < -0.39 is 0 Å². The van der Waals surface area contributed by atoms with Crippen LogP contribution in [-0.2, 0) is 17.8 Å². The molecule has 0 heterocycles. The monoisotopic (exact) mass is 260 g/mol. The first-order chi connectivity index (χ1) is 9.14. The molecule has 0 atom stereocenters. The number of amides is 1. The van der Waals surface area contributed by atoms with Crippen LogP contribution in [0.25, 0.3) is 0 Å². The molecule has 0 spiro atoms. The predicted octanol–water partition coefficient (Wildman–Crippen LogP) is 2.38. The topological polar surface area (TPSA) is 55.1 Å². The average molecular weight is 260 g/mol. The van der Waals surface area contributed by atoms with Crippen LogP contribution in [0.5, 0.6) is 0 Å². The van der Waals surface area contributed by atoms with Gasteiger partial charge in [0, 0.05) is 18.5 Å². The SMILES string of the molecule is CC1(C(=O)NCCc2ccc(CN)cc2)CCCC1. The lowest BCUT2D eigenvalue weighted by molar-refractivity contribution is -0.129.